The number of amides is 1. The Balaban J connectivity index is 2.17. The number of nitrogens with zero attached hydrogens (tertiary/aromatic N) is 2. The Morgan fingerprint density at radius 1 is 1.65 bits per heavy atom. The Bertz CT molecular complexity index is 422. The van der Waals surface area contributed by atoms with Crippen LogP contribution in [-0.4, -0.2) is 30.6 Å². The van der Waals surface area contributed by atoms with Gasteiger partial charge in [0.1, 0.15) is 0 Å². The number of nitrogens with two attached hydrogens (primary N) is 1. The molecular formula is C12H17N3O2. The summed E-state index contributed by atoms with van der Waals surface area (Å²) in [5, 5.41) is 0. The number of hydrogen-bond donors (Lipinski definition) is 1. The molecule has 5 nitrogen and oxygen atoms in total. The molecule has 92 valence electrons. The maximum atomic E-state index is 12.3. The van der Waals surface area contributed by atoms with Gasteiger partial charge >= 0.3 is 0 Å². The van der Waals surface area contributed by atoms with E-state index < -0.39 is 0 Å². The van der Waals surface area contributed by atoms with E-state index in [9.17, 15) is 4.79 Å². The van der Waals surface area contributed by atoms with Crippen LogP contribution in [0.15, 0.2) is 18.5 Å². The van der Waals surface area contributed by atoms with Crippen molar-refractivity contribution in [2.24, 2.45) is 5.92 Å². The lowest BCUT2D eigenvalue weighted by molar-refractivity contribution is -0.123. The molecule has 1 fully saturated rings. The van der Waals surface area contributed by atoms with Crippen molar-refractivity contribution in [1.82, 2.24) is 4.98 Å². The Morgan fingerprint density at radius 2 is 2.41 bits per heavy atom. The highest BCUT2D eigenvalue weighted by molar-refractivity contribution is 5.97. The summed E-state index contributed by atoms with van der Waals surface area (Å²) < 4.78 is 5.41. The third kappa shape index (κ3) is 2.24. The monoisotopic (exact) mass is 235 g/mol. The van der Waals surface area contributed by atoms with Crippen molar-refractivity contribution >= 4 is 17.3 Å². The molecule has 0 aliphatic carbocycles. The maximum Gasteiger partial charge on any atom is 0.232 e. The molecule has 2 unspecified atom stereocenters. The maximum absolute atomic E-state index is 12.3. The number of nitrogen functional groups attached to an aromatic ring is 1. The van der Waals surface area contributed by atoms with Gasteiger partial charge in [-0.1, -0.05) is 0 Å². The largest absolute Gasteiger partial charge is 0.396 e. The molecule has 0 aromatic carbocycles. The summed E-state index contributed by atoms with van der Waals surface area (Å²) >= 11 is 0. The molecule has 2 heterocycles. The third-order valence-corrected chi connectivity index (χ3v) is 3.21. The second-order valence-electron chi connectivity index (χ2n) is 4.30. The first-order valence-corrected chi connectivity index (χ1v) is 5.70. The first-order chi connectivity index (χ1) is 8.11. The molecule has 5 heteroatoms. The highest BCUT2D eigenvalue weighted by Crippen LogP contribution is 2.27. The van der Waals surface area contributed by atoms with Crippen molar-refractivity contribution in [3.8, 4) is 0 Å². The number of carbonyl (C=O) groups excluding carboxylic acids is 1. The molecule has 2 rings (SSSR count). The summed E-state index contributed by atoms with van der Waals surface area (Å²) in [6, 6.07) is 1.74. The van der Waals surface area contributed by atoms with Gasteiger partial charge < -0.3 is 15.4 Å². The van der Waals surface area contributed by atoms with E-state index in [2.05, 4.69) is 4.98 Å². The van der Waals surface area contributed by atoms with Crippen molar-refractivity contribution in [2.45, 2.75) is 19.4 Å². The van der Waals surface area contributed by atoms with Crippen molar-refractivity contribution in [2.75, 3.05) is 24.3 Å². The van der Waals surface area contributed by atoms with Crippen LogP contribution in [0.4, 0.5) is 11.4 Å². The van der Waals surface area contributed by atoms with E-state index >= 15 is 0 Å². The second kappa shape index (κ2) is 4.71. The Hall–Kier alpha value is -1.62. The lowest BCUT2D eigenvalue weighted by atomic mass is 10.0. The SMILES string of the molecule is CC1OCCC1C(=O)N(C)c1ccncc1N. The van der Waals surface area contributed by atoms with E-state index in [1.807, 2.05) is 6.92 Å². The van der Waals surface area contributed by atoms with Gasteiger partial charge in [-0.05, 0) is 19.4 Å². The number of carbonyl (C=O) groups is 1. The predicted molar refractivity (Wildman–Crippen MR) is 65.6 cm³/mol. The van der Waals surface area contributed by atoms with Gasteiger partial charge in [0.2, 0.25) is 5.91 Å². The molecular weight excluding hydrogens is 218 g/mol. The lowest BCUT2D eigenvalue weighted by Crippen LogP contribution is -2.36. The predicted octanol–water partition coefficient (Wildman–Crippen LogP) is 1.05. The van der Waals surface area contributed by atoms with Crippen molar-refractivity contribution in [3.63, 3.8) is 0 Å². The van der Waals surface area contributed by atoms with Crippen molar-refractivity contribution < 1.29 is 9.53 Å². The highest BCUT2D eigenvalue weighted by atomic mass is 16.5. The summed E-state index contributed by atoms with van der Waals surface area (Å²) in [6.07, 6.45) is 3.93. The average molecular weight is 235 g/mol. The second-order valence-corrected chi connectivity index (χ2v) is 4.30. The van der Waals surface area contributed by atoms with Crippen LogP contribution in [0.25, 0.3) is 0 Å². The van der Waals surface area contributed by atoms with Crippen LogP contribution in [0.5, 0.6) is 0 Å². The van der Waals surface area contributed by atoms with Crippen LogP contribution in [0.3, 0.4) is 0 Å². The fourth-order valence-corrected chi connectivity index (χ4v) is 2.13. The van der Waals surface area contributed by atoms with Gasteiger partial charge in [-0.25, -0.2) is 0 Å². The average Bonchev–Trinajstić information content (AvgIpc) is 2.74. The fourth-order valence-electron chi connectivity index (χ4n) is 2.13. The van der Waals surface area contributed by atoms with Gasteiger partial charge in [-0.3, -0.25) is 9.78 Å². The van der Waals surface area contributed by atoms with E-state index in [4.69, 9.17) is 10.5 Å². The molecule has 17 heavy (non-hydrogen) atoms. The summed E-state index contributed by atoms with van der Waals surface area (Å²) in [5.41, 5.74) is 7.01. The normalized spacial score (nSPS) is 23.6. The number of aromatic nitrogens is 1. The molecule has 1 aromatic heterocycles. The Labute approximate surface area is 101 Å². The van der Waals surface area contributed by atoms with Gasteiger partial charge in [0, 0.05) is 19.9 Å². The summed E-state index contributed by atoms with van der Waals surface area (Å²) in [4.78, 5) is 17.8. The van der Waals surface area contributed by atoms with Crippen LogP contribution >= 0.6 is 0 Å². The smallest absolute Gasteiger partial charge is 0.232 e. The van der Waals surface area contributed by atoms with Crippen molar-refractivity contribution in [1.29, 1.82) is 0 Å². The standard InChI is InChI=1S/C12H17N3O2/c1-8-9(4-6-17-8)12(16)15(2)11-3-5-14-7-10(11)13/h3,5,7-9H,4,6,13H2,1-2H3. The lowest BCUT2D eigenvalue weighted by Gasteiger charge is -2.23. The molecule has 0 bridgehead atoms. The van der Waals surface area contributed by atoms with E-state index in [0.29, 0.717) is 18.0 Å². The van der Waals surface area contributed by atoms with E-state index in [0.717, 1.165) is 6.42 Å². The molecule has 1 aliphatic rings. The molecule has 0 spiro atoms. The molecule has 0 saturated carbocycles. The number of ether oxygens (including phenoxy) is 1. The number of anilines is 2. The van der Waals surface area contributed by atoms with Gasteiger partial charge in [-0.2, -0.15) is 0 Å². The molecule has 1 saturated heterocycles. The minimum absolute atomic E-state index is 0.0204. The summed E-state index contributed by atoms with van der Waals surface area (Å²) in [5.74, 6) is -0.0273. The zero-order chi connectivity index (χ0) is 12.4. The molecule has 1 aliphatic heterocycles. The summed E-state index contributed by atoms with van der Waals surface area (Å²) in [7, 11) is 1.74. The van der Waals surface area contributed by atoms with Crippen LogP contribution in [-0.2, 0) is 9.53 Å². The van der Waals surface area contributed by atoms with Crippen LogP contribution < -0.4 is 10.6 Å². The number of pyridine rings is 1. The van der Waals surface area contributed by atoms with Gasteiger partial charge in [-0.15, -0.1) is 0 Å². The number of rotatable bonds is 2. The molecule has 1 amide bonds. The minimum atomic E-state index is -0.0763. The number of hydrogen-bond acceptors (Lipinski definition) is 4. The summed E-state index contributed by atoms with van der Waals surface area (Å²) in [6.45, 7) is 2.58. The fraction of sp³-hybridized carbons (Fsp3) is 0.500. The van der Waals surface area contributed by atoms with Gasteiger partial charge in [0.25, 0.3) is 0 Å². The highest BCUT2D eigenvalue weighted by Gasteiger charge is 2.33. The zero-order valence-corrected chi connectivity index (χ0v) is 10.1. The molecule has 1 aromatic rings. The molecule has 2 atom stereocenters. The van der Waals surface area contributed by atoms with Crippen molar-refractivity contribution in [3.05, 3.63) is 18.5 Å². The van der Waals surface area contributed by atoms with E-state index in [-0.39, 0.29) is 17.9 Å². The Kier molecular flexibility index (Phi) is 3.28. The van der Waals surface area contributed by atoms with E-state index in [1.54, 1.807) is 30.4 Å². The third-order valence-electron chi connectivity index (χ3n) is 3.21. The quantitative estimate of drug-likeness (QED) is 0.832. The van der Waals surface area contributed by atoms with Crippen LogP contribution in [0.2, 0.25) is 0 Å². The topological polar surface area (TPSA) is 68.5 Å². The van der Waals surface area contributed by atoms with Gasteiger partial charge in [0.15, 0.2) is 0 Å². The van der Waals surface area contributed by atoms with Crippen LogP contribution in [0.1, 0.15) is 13.3 Å². The van der Waals surface area contributed by atoms with E-state index in [1.165, 1.54) is 0 Å². The first kappa shape index (κ1) is 11.9. The zero-order valence-electron chi connectivity index (χ0n) is 10.1. The van der Waals surface area contributed by atoms with Gasteiger partial charge in [0.05, 0.1) is 29.6 Å². The first-order valence-electron chi connectivity index (χ1n) is 5.70. The minimum Gasteiger partial charge on any atom is -0.396 e. The van der Waals surface area contributed by atoms with Crippen LogP contribution in [0, 0.1) is 5.92 Å². The molecule has 0 radical (unpaired) electrons. The Morgan fingerprint density at radius 3 is 3.00 bits per heavy atom. The molecule has 2 N–H and O–H groups in total.